The minimum atomic E-state index is -4.89. The van der Waals surface area contributed by atoms with Crippen LogP contribution in [0.1, 0.15) is 5.56 Å². The van der Waals surface area contributed by atoms with Gasteiger partial charge < -0.3 is 9.84 Å². The molecule has 1 unspecified atom stereocenters. The number of aromatic hydroxyl groups is 1. The second-order valence-electron chi connectivity index (χ2n) is 3.99. The van der Waals surface area contributed by atoms with Crippen LogP contribution in [0, 0.1) is 0 Å². The summed E-state index contributed by atoms with van der Waals surface area (Å²) in [6, 6.07) is 4.27. The Balaban J connectivity index is 2.29. The maximum absolute atomic E-state index is 12.5. The molecule has 0 saturated heterocycles. The molecule has 1 heterocycles. The summed E-state index contributed by atoms with van der Waals surface area (Å²) in [5.74, 6) is -0.157. The van der Waals surface area contributed by atoms with E-state index < -0.39 is 21.2 Å². The average Bonchev–Trinajstić information content (AvgIpc) is 2.92. The Kier molecular flexibility index (Phi) is 4.50. The maximum atomic E-state index is 12.5. The van der Waals surface area contributed by atoms with Crippen LogP contribution in [0.15, 0.2) is 34.3 Å². The number of ether oxygens (including phenoxy) is 1. The third kappa shape index (κ3) is 3.45. The van der Waals surface area contributed by atoms with Crippen molar-refractivity contribution in [3.05, 3.63) is 30.0 Å². The Hall–Kier alpha value is -2.36. The van der Waals surface area contributed by atoms with Gasteiger partial charge >= 0.3 is 5.51 Å². The predicted octanol–water partition coefficient (Wildman–Crippen LogP) is 2.50. The van der Waals surface area contributed by atoms with Crippen LogP contribution in [0.3, 0.4) is 0 Å². The van der Waals surface area contributed by atoms with Gasteiger partial charge in [-0.05, 0) is 23.8 Å². The largest absolute Gasteiger partial charge is 0.504 e. The molecule has 0 aliphatic rings. The predicted molar refractivity (Wildman–Crippen MR) is 73.0 cm³/mol. The van der Waals surface area contributed by atoms with Crippen LogP contribution in [-0.4, -0.2) is 38.3 Å². The number of aliphatic imine (C=N–C) groups is 1. The lowest BCUT2D eigenvalue weighted by Crippen LogP contribution is -2.15. The van der Waals surface area contributed by atoms with Crippen molar-refractivity contribution in [2.45, 2.75) is 10.4 Å². The molecule has 118 valence electrons. The second-order valence-corrected chi connectivity index (χ2v) is 5.43. The van der Waals surface area contributed by atoms with Crippen molar-refractivity contribution >= 4 is 22.8 Å². The number of phenolic OH excluding ortho intramolecular Hbond substituents is 1. The highest BCUT2D eigenvalue weighted by molar-refractivity contribution is 7.86. The summed E-state index contributed by atoms with van der Waals surface area (Å²) in [5, 5.41) is 15.1. The molecular formula is C12H10F3N3O3S. The molecule has 0 radical (unpaired) electrons. The van der Waals surface area contributed by atoms with Gasteiger partial charge in [0.25, 0.3) is 0 Å². The van der Waals surface area contributed by atoms with Gasteiger partial charge in [-0.1, -0.05) is 0 Å². The van der Waals surface area contributed by atoms with Crippen LogP contribution in [-0.2, 0) is 10.8 Å². The molecule has 2 rings (SSSR count). The average molecular weight is 333 g/mol. The van der Waals surface area contributed by atoms with Gasteiger partial charge in [0.1, 0.15) is 4.90 Å². The quantitative estimate of drug-likeness (QED) is 0.842. The number of alkyl halides is 3. The Morgan fingerprint density at radius 1 is 1.45 bits per heavy atom. The fourth-order valence-electron chi connectivity index (χ4n) is 1.53. The molecule has 0 bridgehead atoms. The molecule has 6 nitrogen and oxygen atoms in total. The van der Waals surface area contributed by atoms with Crippen molar-refractivity contribution in [2.24, 2.45) is 4.99 Å². The first kappa shape index (κ1) is 16.0. The lowest BCUT2D eigenvalue weighted by Gasteiger charge is -2.04. The van der Waals surface area contributed by atoms with Crippen molar-refractivity contribution in [2.75, 3.05) is 7.11 Å². The maximum Gasteiger partial charge on any atom is 0.476 e. The molecule has 0 aliphatic carbocycles. The minimum absolute atomic E-state index is 0.0833. The van der Waals surface area contributed by atoms with Gasteiger partial charge in [-0.2, -0.15) is 18.3 Å². The van der Waals surface area contributed by atoms with E-state index in [2.05, 4.69) is 15.2 Å². The molecule has 0 aliphatic heterocycles. The Morgan fingerprint density at radius 3 is 2.82 bits per heavy atom. The highest BCUT2D eigenvalue weighted by Crippen LogP contribution is 2.31. The van der Waals surface area contributed by atoms with E-state index >= 15 is 0 Å². The number of hydrogen-bond donors (Lipinski definition) is 2. The third-order valence-electron chi connectivity index (χ3n) is 2.54. The number of rotatable bonds is 4. The van der Waals surface area contributed by atoms with Crippen LogP contribution in [0.4, 0.5) is 19.0 Å². The molecule has 0 fully saturated rings. The van der Waals surface area contributed by atoms with E-state index in [1.54, 1.807) is 0 Å². The molecule has 0 spiro atoms. The lowest BCUT2D eigenvalue weighted by atomic mass is 10.2. The Labute approximate surface area is 125 Å². The van der Waals surface area contributed by atoms with Gasteiger partial charge in [0.05, 0.1) is 13.3 Å². The van der Waals surface area contributed by atoms with E-state index in [1.807, 2.05) is 0 Å². The molecule has 2 N–H and O–H groups in total. The Morgan fingerprint density at radius 2 is 2.18 bits per heavy atom. The summed E-state index contributed by atoms with van der Waals surface area (Å²) in [7, 11) is -1.86. The first-order chi connectivity index (χ1) is 10.3. The zero-order chi connectivity index (χ0) is 16.3. The summed E-state index contributed by atoms with van der Waals surface area (Å²) < 4.78 is 53.6. The molecule has 10 heteroatoms. The minimum Gasteiger partial charge on any atom is -0.504 e. The topological polar surface area (TPSA) is 87.6 Å². The summed E-state index contributed by atoms with van der Waals surface area (Å²) in [4.78, 5) is 3.24. The van der Waals surface area contributed by atoms with Gasteiger partial charge in [0.15, 0.2) is 28.1 Å². The number of phenols is 1. The monoisotopic (exact) mass is 333 g/mol. The SMILES string of the molecule is COc1cc(C=Nc2[nH]ncc2S(=O)C(F)(F)F)ccc1O. The molecule has 0 amide bonds. The van der Waals surface area contributed by atoms with Crippen molar-refractivity contribution in [1.29, 1.82) is 0 Å². The molecule has 0 saturated carbocycles. The summed E-state index contributed by atoms with van der Waals surface area (Å²) >= 11 is 0. The number of benzene rings is 1. The number of nitrogens with zero attached hydrogens (tertiary/aromatic N) is 2. The van der Waals surface area contributed by atoms with Gasteiger partial charge in [0, 0.05) is 6.21 Å². The highest BCUT2D eigenvalue weighted by atomic mass is 32.2. The van der Waals surface area contributed by atoms with Crippen LogP contribution in [0.5, 0.6) is 11.5 Å². The first-order valence-corrected chi connectivity index (χ1v) is 6.91. The number of nitrogens with one attached hydrogen (secondary N) is 1. The summed E-state index contributed by atoms with van der Waals surface area (Å²) in [6.07, 6.45) is 2.04. The number of hydrogen-bond acceptors (Lipinski definition) is 5. The fraction of sp³-hybridized carbons (Fsp3) is 0.167. The number of aromatic nitrogens is 2. The van der Waals surface area contributed by atoms with E-state index in [0.717, 1.165) is 6.20 Å². The Bertz CT molecular complexity index is 728. The van der Waals surface area contributed by atoms with Crippen LogP contribution in [0.25, 0.3) is 0 Å². The van der Waals surface area contributed by atoms with Gasteiger partial charge in [0.2, 0.25) is 0 Å². The van der Waals surface area contributed by atoms with Gasteiger partial charge in [-0.25, -0.2) is 9.20 Å². The number of halogens is 3. The fourth-order valence-corrected chi connectivity index (χ4v) is 2.21. The zero-order valence-electron chi connectivity index (χ0n) is 11.1. The van der Waals surface area contributed by atoms with E-state index in [9.17, 15) is 22.5 Å². The van der Waals surface area contributed by atoms with Crippen LogP contribution in [0.2, 0.25) is 0 Å². The normalized spacial score (nSPS) is 13.5. The molecule has 2 aromatic rings. The molecule has 1 aromatic heterocycles. The molecule has 1 atom stereocenters. The second kappa shape index (κ2) is 6.18. The van der Waals surface area contributed by atoms with Crippen molar-refractivity contribution in [1.82, 2.24) is 10.2 Å². The standard InChI is InChI=1S/C12H10F3N3O3S/c1-21-9-4-7(2-3-8(9)19)5-16-11-10(6-17-18-11)22(20)12(13,14)15/h2-6,19H,1H3,(H,17,18). The van der Waals surface area contributed by atoms with E-state index in [4.69, 9.17) is 4.74 Å². The lowest BCUT2D eigenvalue weighted by molar-refractivity contribution is -0.0384. The van der Waals surface area contributed by atoms with E-state index in [-0.39, 0.29) is 17.3 Å². The van der Waals surface area contributed by atoms with Crippen molar-refractivity contribution in [3.63, 3.8) is 0 Å². The zero-order valence-corrected chi connectivity index (χ0v) is 11.9. The number of H-pyrrole nitrogens is 1. The first-order valence-electron chi connectivity index (χ1n) is 5.76. The van der Waals surface area contributed by atoms with Crippen molar-refractivity contribution in [3.8, 4) is 11.5 Å². The van der Waals surface area contributed by atoms with E-state index in [0.29, 0.717) is 5.56 Å². The highest BCUT2D eigenvalue weighted by Gasteiger charge is 2.40. The third-order valence-corrected chi connectivity index (χ3v) is 3.66. The molecule has 22 heavy (non-hydrogen) atoms. The number of methoxy groups -OCH3 is 1. The summed E-state index contributed by atoms with van der Waals surface area (Å²) in [6.45, 7) is 0. The summed E-state index contributed by atoms with van der Waals surface area (Å²) in [5.41, 5.74) is -4.43. The van der Waals surface area contributed by atoms with Crippen LogP contribution < -0.4 is 4.74 Å². The smallest absolute Gasteiger partial charge is 0.476 e. The number of aromatic amines is 1. The van der Waals surface area contributed by atoms with Gasteiger partial charge in [-0.3, -0.25) is 5.10 Å². The van der Waals surface area contributed by atoms with E-state index in [1.165, 1.54) is 31.5 Å². The van der Waals surface area contributed by atoms with Crippen LogP contribution >= 0.6 is 0 Å². The molecular weight excluding hydrogens is 323 g/mol. The van der Waals surface area contributed by atoms with Crippen molar-refractivity contribution < 1.29 is 27.2 Å². The molecule has 1 aromatic carbocycles. The van der Waals surface area contributed by atoms with Gasteiger partial charge in [-0.15, -0.1) is 0 Å².